The van der Waals surface area contributed by atoms with Gasteiger partial charge in [0, 0.05) is 5.56 Å². The number of ether oxygens (including phenoxy) is 2. The molecule has 0 radical (unpaired) electrons. The summed E-state index contributed by atoms with van der Waals surface area (Å²) in [7, 11) is 0. The van der Waals surface area contributed by atoms with Crippen LogP contribution in [0.15, 0.2) is 54.6 Å². The van der Waals surface area contributed by atoms with Gasteiger partial charge >= 0.3 is 5.97 Å². The summed E-state index contributed by atoms with van der Waals surface area (Å²) in [5.41, 5.74) is 0.186. The zero-order valence-corrected chi connectivity index (χ0v) is 11.5. The first kappa shape index (κ1) is 13.8. The summed E-state index contributed by atoms with van der Waals surface area (Å²) in [4.78, 5) is 12.1. The van der Waals surface area contributed by atoms with Crippen LogP contribution < -0.4 is 0 Å². The van der Waals surface area contributed by atoms with Crippen LogP contribution in [0.2, 0.25) is 0 Å². The molecule has 1 unspecified atom stereocenters. The molecule has 1 atom stereocenters. The van der Waals surface area contributed by atoms with E-state index < -0.39 is 11.6 Å². The van der Waals surface area contributed by atoms with Gasteiger partial charge in [0.05, 0.1) is 18.8 Å². The maximum Gasteiger partial charge on any atom is 0.338 e. The lowest BCUT2D eigenvalue weighted by Gasteiger charge is -2.29. The van der Waals surface area contributed by atoms with E-state index in [0.717, 1.165) is 0 Å². The van der Waals surface area contributed by atoms with Crippen molar-refractivity contribution in [2.45, 2.75) is 5.60 Å². The molecule has 1 N–H and O–H groups in total. The first-order valence-electron chi connectivity index (χ1n) is 6.84. The van der Waals surface area contributed by atoms with Crippen molar-refractivity contribution in [3.05, 3.63) is 71.3 Å². The number of cyclic esters (lactones) is 1. The molecular formula is C17H16O4. The van der Waals surface area contributed by atoms with Crippen molar-refractivity contribution < 1.29 is 19.4 Å². The summed E-state index contributed by atoms with van der Waals surface area (Å²) in [6.07, 6.45) is 0. The molecule has 0 aromatic heterocycles. The van der Waals surface area contributed by atoms with Crippen molar-refractivity contribution in [1.82, 2.24) is 0 Å². The topological polar surface area (TPSA) is 55.8 Å². The number of benzene rings is 2. The second kappa shape index (κ2) is 5.68. The van der Waals surface area contributed by atoms with Crippen LogP contribution >= 0.6 is 0 Å². The van der Waals surface area contributed by atoms with E-state index in [2.05, 4.69) is 0 Å². The van der Waals surface area contributed by atoms with Gasteiger partial charge < -0.3 is 14.6 Å². The lowest BCUT2D eigenvalue weighted by molar-refractivity contribution is -0.0295. The Bertz CT molecular complexity index is 638. The van der Waals surface area contributed by atoms with E-state index in [1.807, 2.05) is 30.3 Å². The number of fused-ring (bicyclic) bond motifs is 1. The van der Waals surface area contributed by atoms with Gasteiger partial charge in [-0.1, -0.05) is 48.5 Å². The summed E-state index contributed by atoms with van der Waals surface area (Å²) < 4.78 is 10.6. The predicted octanol–water partition coefficient (Wildman–Crippen LogP) is 2.11. The van der Waals surface area contributed by atoms with Crippen LogP contribution in [0.4, 0.5) is 0 Å². The van der Waals surface area contributed by atoms with Crippen LogP contribution in [-0.2, 0) is 15.1 Å². The largest absolute Gasteiger partial charge is 0.460 e. The number of carbonyl (C=O) groups is 1. The molecule has 0 saturated heterocycles. The van der Waals surface area contributed by atoms with Crippen LogP contribution in [-0.4, -0.2) is 30.9 Å². The Morgan fingerprint density at radius 2 is 1.67 bits per heavy atom. The van der Waals surface area contributed by atoms with E-state index in [1.54, 1.807) is 24.3 Å². The summed E-state index contributed by atoms with van der Waals surface area (Å²) >= 11 is 0. The Morgan fingerprint density at radius 1 is 0.952 bits per heavy atom. The van der Waals surface area contributed by atoms with Crippen LogP contribution in [0.1, 0.15) is 21.5 Å². The summed E-state index contributed by atoms with van der Waals surface area (Å²) in [5.74, 6) is -0.439. The smallest absolute Gasteiger partial charge is 0.338 e. The minimum atomic E-state index is -1.37. The molecule has 0 spiro atoms. The molecule has 3 rings (SSSR count). The Balaban J connectivity index is 2.18. The quantitative estimate of drug-likeness (QED) is 0.815. The summed E-state index contributed by atoms with van der Waals surface area (Å²) in [6, 6.07) is 16.2. The SMILES string of the molecule is O=C1OCCOCC(O)(c2ccccc2)c2ccccc21. The van der Waals surface area contributed by atoms with E-state index in [0.29, 0.717) is 16.7 Å². The van der Waals surface area contributed by atoms with E-state index in [1.165, 1.54) is 0 Å². The average Bonchev–Trinajstić information content (AvgIpc) is 2.60. The standard InChI is InChI=1S/C17H16O4/c18-16-14-8-4-5-9-15(14)17(19,12-20-10-11-21-16)13-6-2-1-3-7-13/h1-9,19H,10-12H2. The molecule has 108 valence electrons. The highest BCUT2D eigenvalue weighted by molar-refractivity contribution is 5.91. The monoisotopic (exact) mass is 284 g/mol. The second-order valence-corrected chi connectivity index (χ2v) is 4.96. The molecule has 0 fully saturated rings. The highest BCUT2D eigenvalue weighted by Gasteiger charge is 2.36. The minimum Gasteiger partial charge on any atom is -0.460 e. The maximum atomic E-state index is 12.1. The number of hydrogen-bond donors (Lipinski definition) is 1. The van der Waals surface area contributed by atoms with Gasteiger partial charge in [-0.15, -0.1) is 0 Å². The Labute approximate surface area is 122 Å². The van der Waals surface area contributed by atoms with Gasteiger partial charge in [0.15, 0.2) is 0 Å². The number of hydrogen-bond acceptors (Lipinski definition) is 4. The number of aliphatic hydroxyl groups is 1. The van der Waals surface area contributed by atoms with E-state index in [4.69, 9.17) is 9.47 Å². The molecule has 0 aliphatic carbocycles. The van der Waals surface area contributed by atoms with Gasteiger partial charge in [-0.05, 0) is 11.6 Å². The molecule has 2 aromatic rings. The van der Waals surface area contributed by atoms with Gasteiger partial charge in [-0.2, -0.15) is 0 Å². The molecule has 0 bridgehead atoms. The highest BCUT2D eigenvalue weighted by atomic mass is 16.6. The van der Waals surface area contributed by atoms with Crippen molar-refractivity contribution >= 4 is 5.97 Å². The maximum absolute atomic E-state index is 12.1. The normalized spacial score (nSPS) is 22.4. The van der Waals surface area contributed by atoms with Crippen LogP contribution in [0.3, 0.4) is 0 Å². The van der Waals surface area contributed by atoms with Gasteiger partial charge in [0.2, 0.25) is 0 Å². The molecule has 0 amide bonds. The molecule has 0 saturated carbocycles. The van der Waals surface area contributed by atoms with Gasteiger partial charge in [0.25, 0.3) is 0 Å². The van der Waals surface area contributed by atoms with Crippen molar-refractivity contribution in [3.63, 3.8) is 0 Å². The fraction of sp³-hybridized carbons (Fsp3) is 0.235. The van der Waals surface area contributed by atoms with E-state index >= 15 is 0 Å². The molecular weight excluding hydrogens is 268 g/mol. The van der Waals surface area contributed by atoms with Crippen LogP contribution in [0.5, 0.6) is 0 Å². The molecule has 4 heteroatoms. The zero-order chi connectivity index (χ0) is 14.7. The second-order valence-electron chi connectivity index (χ2n) is 4.96. The molecule has 2 aromatic carbocycles. The highest BCUT2D eigenvalue weighted by Crippen LogP contribution is 2.33. The fourth-order valence-corrected chi connectivity index (χ4v) is 2.54. The number of esters is 1. The Morgan fingerprint density at radius 3 is 2.48 bits per heavy atom. The predicted molar refractivity (Wildman–Crippen MR) is 77.0 cm³/mol. The van der Waals surface area contributed by atoms with E-state index in [9.17, 15) is 9.90 Å². The number of carbonyl (C=O) groups excluding carboxylic acids is 1. The zero-order valence-electron chi connectivity index (χ0n) is 11.5. The molecule has 1 aliphatic heterocycles. The Hall–Kier alpha value is -2.17. The lowest BCUT2D eigenvalue weighted by atomic mass is 9.84. The molecule has 21 heavy (non-hydrogen) atoms. The first-order valence-corrected chi connectivity index (χ1v) is 6.84. The van der Waals surface area contributed by atoms with Crippen molar-refractivity contribution in [3.8, 4) is 0 Å². The van der Waals surface area contributed by atoms with Gasteiger partial charge in [0.1, 0.15) is 12.2 Å². The first-order chi connectivity index (χ1) is 10.2. The third-order valence-corrected chi connectivity index (χ3v) is 3.62. The van der Waals surface area contributed by atoms with E-state index in [-0.39, 0.29) is 19.8 Å². The van der Waals surface area contributed by atoms with Gasteiger partial charge in [-0.25, -0.2) is 4.79 Å². The van der Waals surface area contributed by atoms with Gasteiger partial charge in [-0.3, -0.25) is 0 Å². The molecule has 4 nitrogen and oxygen atoms in total. The van der Waals surface area contributed by atoms with Crippen LogP contribution in [0, 0.1) is 0 Å². The fourth-order valence-electron chi connectivity index (χ4n) is 2.54. The number of rotatable bonds is 1. The minimum absolute atomic E-state index is 0.0741. The average molecular weight is 284 g/mol. The molecule has 1 heterocycles. The Kier molecular flexibility index (Phi) is 3.73. The van der Waals surface area contributed by atoms with Crippen LogP contribution in [0.25, 0.3) is 0 Å². The lowest BCUT2D eigenvalue weighted by Crippen LogP contribution is -2.34. The summed E-state index contributed by atoms with van der Waals surface area (Å²) in [6.45, 7) is 0.511. The summed E-state index contributed by atoms with van der Waals surface area (Å²) in [5, 5.41) is 11.2. The molecule has 1 aliphatic rings. The van der Waals surface area contributed by atoms with Crippen molar-refractivity contribution in [2.75, 3.05) is 19.8 Å². The third-order valence-electron chi connectivity index (χ3n) is 3.62. The van der Waals surface area contributed by atoms with Crippen molar-refractivity contribution in [2.24, 2.45) is 0 Å². The third kappa shape index (κ3) is 2.55. The van der Waals surface area contributed by atoms with Crippen molar-refractivity contribution in [1.29, 1.82) is 0 Å².